The van der Waals surface area contributed by atoms with Crippen molar-refractivity contribution in [3.05, 3.63) is 0 Å². The van der Waals surface area contributed by atoms with Crippen LogP contribution in [0.1, 0.15) is 26.2 Å². The second-order valence-corrected chi connectivity index (χ2v) is 3.57. The van der Waals surface area contributed by atoms with Crippen molar-refractivity contribution in [3.63, 3.8) is 0 Å². The topological polar surface area (TPSA) is 26.0 Å². The lowest BCUT2D eigenvalue weighted by atomic mass is 9.93. The molecular weight excluding hydrogens is 148 g/mol. The van der Waals surface area contributed by atoms with Crippen LogP contribution in [0.2, 0.25) is 0 Å². The summed E-state index contributed by atoms with van der Waals surface area (Å²) in [6.07, 6.45) is 0.749. The number of rotatable bonds is 2. The van der Waals surface area contributed by atoms with E-state index in [-0.39, 0.29) is 24.7 Å². The molecule has 1 saturated carbocycles. The first-order valence-corrected chi connectivity index (χ1v) is 4.13. The van der Waals surface area contributed by atoms with Crippen LogP contribution in [0, 0.1) is 11.8 Å². The van der Waals surface area contributed by atoms with Crippen molar-refractivity contribution in [2.75, 3.05) is 6.54 Å². The van der Waals surface area contributed by atoms with E-state index in [1.807, 2.05) is 6.92 Å². The van der Waals surface area contributed by atoms with Crippen LogP contribution in [-0.2, 0) is 0 Å². The summed E-state index contributed by atoms with van der Waals surface area (Å²) in [5.74, 6) is -2.01. The molecule has 0 aliphatic heterocycles. The summed E-state index contributed by atoms with van der Waals surface area (Å²) >= 11 is 0. The van der Waals surface area contributed by atoms with E-state index in [2.05, 4.69) is 0 Å². The number of hydrogen-bond donors (Lipinski definition) is 1. The van der Waals surface area contributed by atoms with Crippen LogP contribution >= 0.6 is 0 Å². The van der Waals surface area contributed by atoms with Crippen LogP contribution in [0.3, 0.4) is 0 Å². The Morgan fingerprint density at radius 2 is 2.27 bits per heavy atom. The van der Waals surface area contributed by atoms with Gasteiger partial charge < -0.3 is 5.73 Å². The summed E-state index contributed by atoms with van der Waals surface area (Å²) in [4.78, 5) is 0. The third kappa shape index (κ3) is 2.12. The van der Waals surface area contributed by atoms with Crippen LogP contribution in [0.5, 0.6) is 0 Å². The molecule has 1 fully saturated rings. The maximum absolute atomic E-state index is 12.7. The van der Waals surface area contributed by atoms with Crippen molar-refractivity contribution >= 4 is 0 Å². The summed E-state index contributed by atoms with van der Waals surface area (Å²) in [6.45, 7) is 2.48. The monoisotopic (exact) mass is 163 g/mol. The van der Waals surface area contributed by atoms with Crippen LogP contribution in [0.25, 0.3) is 0 Å². The van der Waals surface area contributed by atoms with E-state index < -0.39 is 5.92 Å². The van der Waals surface area contributed by atoms with Crippen molar-refractivity contribution in [2.24, 2.45) is 17.6 Å². The van der Waals surface area contributed by atoms with Gasteiger partial charge in [0.15, 0.2) is 0 Å². The Kier molecular flexibility index (Phi) is 2.47. The molecule has 0 spiro atoms. The molecule has 1 unspecified atom stereocenters. The Hall–Kier alpha value is -0.180. The highest BCUT2D eigenvalue weighted by Gasteiger charge is 2.40. The smallest absolute Gasteiger partial charge is 0.248 e. The van der Waals surface area contributed by atoms with Gasteiger partial charge in [-0.2, -0.15) is 0 Å². The van der Waals surface area contributed by atoms with Gasteiger partial charge in [0.05, 0.1) is 0 Å². The van der Waals surface area contributed by atoms with E-state index in [1.165, 1.54) is 0 Å². The Bertz CT molecular complexity index is 136. The minimum atomic E-state index is -2.41. The second kappa shape index (κ2) is 3.05. The van der Waals surface area contributed by atoms with E-state index >= 15 is 0 Å². The Balaban J connectivity index is 2.41. The maximum atomic E-state index is 12.7. The summed E-state index contributed by atoms with van der Waals surface area (Å²) in [6, 6.07) is 0. The fourth-order valence-corrected chi connectivity index (χ4v) is 1.66. The standard InChI is InChI=1S/C8H15F2N/c1-6(5-11)7-2-3-8(9,10)4-7/h6-7H,2-5,11H2,1H3/t6-,7?/m1/s1. The molecule has 0 aromatic heterocycles. The molecule has 1 rings (SSSR count). The molecule has 0 aromatic rings. The third-order valence-corrected chi connectivity index (χ3v) is 2.62. The lowest BCUT2D eigenvalue weighted by molar-refractivity contribution is 0.00280. The molecule has 2 atom stereocenters. The molecule has 1 aliphatic carbocycles. The predicted molar refractivity (Wildman–Crippen MR) is 40.5 cm³/mol. The zero-order valence-corrected chi connectivity index (χ0v) is 6.82. The van der Waals surface area contributed by atoms with E-state index in [0.29, 0.717) is 13.0 Å². The Labute approximate surface area is 66.0 Å². The van der Waals surface area contributed by atoms with E-state index in [1.54, 1.807) is 0 Å². The van der Waals surface area contributed by atoms with Gasteiger partial charge in [-0.05, 0) is 24.8 Å². The van der Waals surface area contributed by atoms with Gasteiger partial charge in [0.25, 0.3) is 0 Å². The summed E-state index contributed by atoms with van der Waals surface area (Å²) in [5.41, 5.74) is 5.40. The molecule has 0 bridgehead atoms. The lowest BCUT2D eigenvalue weighted by Crippen LogP contribution is -2.20. The highest BCUT2D eigenvalue weighted by Crippen LogP contribution is 2.41. The van der Waals surface area contributed by atoms with Gasteiger partial charge in [-0.25, -0.2) is 8.78 Å². The van der Waals surface area contributed by atoms with Crippen LogP contribution in [0.15, 0.2) is 0 Å². The zero-order valence-electron chi connectivity index (χ0n) is 6.82. The highest BCUT2D eigenvalue weighted by atomic mass is 19.3. The van der Waals surface area contributed by atoms with Crippen LogP contribution in [-0.4, -0.2) is 12.5 Å². The molecule has 11 heavy (non-hydrogen) atoms. The maximum Gasteiger partial charge on any atom is 0.248 e. The van der Waals surface area contributed by atoms with Gasteiger partial charge >= 0.3 is 0 Å². The fourth-order valence-electron chi connectivity index (χ4n) is 1.66. The Morgan fingerprint density at radius 3 is 2.64 bits per heavy atom. The van der Waals surface area contributed by atoms with Gasteiger partial charge in [0.1, 0.15) is 0 Å². The third-order valence-electron chi connectivity index (χ3n) is 2.62. The number of nitrogens with two attached hydrogens (primary N) is 1. The average Bonchev–Trinajstić information content (AvgIpc) is 2.29. The van der Waals surface area contributed by atoms with Gasteiger partial charge in [-0.1, -0.05) is 6.92 Å². The zero-order chi connectivity index (χ0) is 8.48. The molecule has 0 radical (unpaired) electrons. The first-order valence-electron chi connectivity index (χ1n) is 4.13. The molecule has 1 nitrogen and oxygen atoms in total. The molecule has 2 N–H and O–H groups in total. The van der Waals surface area contributed by atoms with Crippen molar-refractivity contribution in [1.29, 1.82) is 0 Å². The van der Waals surface area contributed by atoms with Gasteiger partial charge in [0.2, 0.25) is 5.92 Å². The van der Waals surface area contributed by atoms with Crippen LogP contribution in [0.4, 0.5) is 8.78 Å². The predicted octanol–water partition coefficient (Wildman–Crippen LogP) is 2.02. The van der Waals surface area contributed by atoms with E-state index in [0.717, 1.165) is 0 Å². The molecule has 0 saturated heterocycles. The van der Waals surface area contributed by atoms with E-state index in [9.17, 15) is 8.78 Å². The normalized spacial score (nSPS) is 32.2. The largest absolute Gasteiger partial charge is 0.330 e. The first kappa shape index (κ1) is 8.91. The number of alkyl halides is 2. The number of halogens is 2. The number of hydrogen-bond acceptors (Lipinski definition) is 1. The molecule has 3 heteroatoms. The van der Waals surface area contributed by atoms with E-state index in [4.69, 9.17) is 5.73 Å². The van der Waals surface area contributed by atoms with Crippen molar-refractivity contribution in [3.8, 4) is 0 Å². The molecule has 0 aromatic carbocycles. The van der Waals surface area contributed by atoms with Gasteiger partial charge in [-0.3, -0.25) is 0 Å². The van der Waals surface area contributed by atoms with Crippen molar-refractivity contribution in [2.45, 2.75) is 32.1 Å². The van der Waals surface area contributed by atoms with Gasteiger partial charge in [-0.15, -0.1) is 0 Å². The minimum absolute atomic E-state index is 0.0470. The minimum Gasteiger partial charge on any atom is -0.330 e. The molecule has 0 heterocycles. The summed E-state index contributed by atoms with van der Waals surface area (Å²) < 4.78 is 25.3. The Morgan fingerprint density at radius 1 is 1.64 bits per heavy atom. The summed E-state index contributed by atoms with van der Waals surface area (Å²) in [7, 11) is 0. The molecular formula is C8H15F2N. The SMILES string of the molecule is C[C@H](CN)C1CCC(F)(F)C1. The molecule has 66 valence electrons. The highest BCUT2D eigenvalue weighted by molar-refractivity contribution is 4.84. The lowest BCUT2D eigenvalue weighted by Gasteiger charge is -2.16. The van der Waals surface area contributed by atoms with Gasteiger partial charge in [0, 0.05) is 12.8 Å². The van der Waals surface area contributed by atoms with Crippen molar-refractivity contribution in [1.82, 2.24) is 0 Å². The molecule has 1 aliphatic rings. The average molecular weight is 163 g/mol. The second-order valence-electron chi connectivity index (χ2n) is 3.57. The quantitative estimate of drug-likeness (QED) is 0.662. The van der Waals surface area contributed by atoms with Crippen molar-refractivity contribution < 1.29 is 8.78 Å². The first-order chi connectivity index (χ1) is 5.05. The summed E-state index contributed by atoms with van der Waals surface area (Å²) in [5, 5.41) is 0. The van der Waals surface area contributed by atoms with Crippen LogP contribution < -0.4 is 5.73 Å². The molecule has 0 amide bonds. The fraction of sp³-hybridized carbons (Fsp3) is 1.00.